The molecule has 2 N–H and O–H groups in total. The number of rotatable bonds is 3. The van der Waals surface area contributed by atoms with Gasteiger partial charge in [-0.25, -0.2) is 0 Å². The Morgan fingerprint density at radius 1 is 1.36 bits per heavy atom. The molecule has 0 unspecified atom stereocenters. The maximum atomic E-state index is 10.6. The van der Waals surface area contributed by atoms with Gasteiger partial charge in [0.05, 0.1) is 20.6 Å². The van der Waals surface area contributed by atoms with Crippen LogP contribution in [0.5, 0.6) is 0 Å². The van der Waals surface area contributed by atoms with Crippen molar-refractivity contribution in [3.05, 3.63) is 0 Å². The fourth-order valence-electron chi connectivity index (χ4n) is 0.498. The van der Waals surface area contributed by atoms with Crippen LogP contribution in [-0.4, -0.2) is 32.2 Å². The van der Waals surface area contributed by atoms with Gasteiger partial charge in [-0.1, -0.05) is 0 Å². The number of esters is 2. The van der Waals surface area contributed by atoms with Crippen molar-refractivity contribution >= 4 is 11.9 Å². The van der Waals surface area contributed by atoms with Crippen LogP contribution >= 0.6 is 0 Å². The Hall–Kier alpha value is -1.10. The Morgan fingerprint density at radius 3 is 2.27 bits per heavy atom. The van der Waals surface area contributed by atoms with Gasteiger partial charge in [0, 0.05) is 0 Å². The molecule has 5 nitrogen and oxygen atoms in total. The summed E-state index contributed by atoms with van der Waals surface area (Å²) in [5.74, 6) is -1.14. The lowest BCUT2D eigenvalue weighted by atomic mass is 10.2. The number of ether oxygens (including phenoxy) is 2. The summed E-state index contributed by atoms with van der Waals surface area (Å²) < 4.78 is 8.57. The van der Waals surface area contributed by atoms with E-state index >= 15 is 0 Å². The van der Waals surface area contributed by atoms with Gasteiger partial charge in [0.1, 0.15) is 6.04 Å². The third-order valence-corrected chi connectivity index (χ3v) is 1.12. The summed E-state index contributed by atoms with van der Waals surface area (Å²) >= 11 is 0. The summed E-state index contributed by atoms with van der Waals surface area (Å²) in [5, 5.41) is 0. The molecule has 1 atom stereocenters. The van der Waals surface area contributed by atoms with E-state index in [9.17, 15) is 9.59 Å². The van der Waals surface area contributed by atoms with Crippen LogP contribution in [0.4, 0.5) is 0 Å². The van der Waals surface area contributed by atoms with Crippen molar-refractivity contribution in [1.82, 2.24) is 0 Å². The van der Waals surface area contributed by atoms with E-state index in [4.69, 9.17) is 5.73 Å². The van der Waals surface area contributed by atoms with Crippen molar-refractivity contribution < 1.29 is 19.1 Å². The SMILES string of the molecule is COC(=O)C[C@@H](N)C(=O)OC. The molecule has 0 spiro atoms. The van der Waals surface area contributed by atoms with E-state index in [1.165, 1.54) is 14.2 Å². The first-order chi connectivity index (χ1) is 5.11. The van der Waals surface area contributed by atoms with Gasteiger partial charge in [-0.05, 0) is 0 Å². The average molecular weight is 161 g/mol. The Kier molecular flexibility index (Phi) is 4.21. The smallest absolute Gasteiger partial charge is 0.323 e. The molecule has 0 aliphatic carbocycles. The third-order valence-electron chi connectivity index (χ3n) is 1.12. The van der Waals surface area contributed by atoms with Gasteiger partial charge in [-0.2, -0.15) is 0 Å². The highest BCUT2D eigenvalue weighted by Crippen LogP contribution is 1.92. The number of hydrogen-bond donors (Lipinski definition) is 1. The monoisotopic (exact) mass is 161 g/mol. The van der Waals surface area contributed by atoms with E-state index < -0.39 is 18.0 Å². The lowest BCUT2D eigenvalue weighted by Gasteiger charge is -2.06. The highest BCUT2D eigenvalue weighted by Gasteiger charge is 2.17. The highest BCUT2D eigenvalue weighted by atomic mass is 16.5. The first-order valence-corrected chi connectivity index (χ1v) is 3.02. The van der Waals surface area contributed by atoms with Gasteiger partial charge >= 0.3 is 11.9 Å². The van der Waals surface area contributed by atoms with Gasteiger partial charge in [0.2, 0.25) is 0 Å². The first-order valence-electron chi connectivity index (χ1n) is 3.02. The van der Waals surface area contributed by atoms with E-state index in [0.29, 0.717) is 0 Å². The largest absolute Gasteiger partial charge is 0.469 e. The molecule has 0 aliphatic heterocycles. The molecule has 11 heavy (non-hydrogen) atoms. The molecular weight excluding hydrogens is 150 g/mol. The lowest BCUT2D eigenvalue weighted by Crippen LogP contribution is -2.34. The zero-order valence-corrected chi connectivity index (χ0v) is 6.49. The molecule has 0 heterocycles. The van der Waals surface area contributed by atoms with Crippen LogP contribution < -0.4 is 5.73 Å². The second-order valence-corrected chi connectivity index (χ2v) is 1.91. The molecule has 0 aliphatic rings. The molecule has 0 fully saturated rings. The molecule has 0 saturated carbocycles. The Labute approximate surface area is 64.5 Å². The number of carbonyl (C=O) groups excluding carboxylic acids is 2. The quantitative estimate of drug-likeness (QED) is 0.540. The van der Waals surface area contributed by atoms with Crippen LogP contribution in [0.3, 0.4) is 0 Å². The third kappa shape index (κ3) is 3.57. The van der Waals surface area contributed by atoms with Crippen LogP contribution in [0, 0.1) is 0 Å². The van der Waals surface area contributed by atoms with Crippen molar-refractivity contribution in [2.24, 2.45) is 5.73 Å². The standard InChI is InChI=1S/C6H11NO4/c1-10-5(8)3-4(7)6(9)11-2/h4H,3,7H2,1-2H3/t4-/m1/s1. The average Bonchev–Trinajstić information content (AvgIpc) is 2.02. The van der Waals surface area contributed by atoms with Crippen molar-refractivity contribution in [1.29, 1.82) is 0 Å². The molecule has 0 aromatic carbocycles. The molecule has 0 aromatic heterocycles. The minimum absolute atomic E-state index is 0.150. The maximum absolute atomic E-state index is 10.6. The number of carbonyl (C=O) groups is 2. The molecule has 0 bridgehead atoms. The Bertz CT molecular complexity index is 157. The predicted octanol–water partition coefficient (Wildman–Crippen LogP) is -0.950. The minimum Gasteiger partial charge on any atom is -0.469 e. The minimum atomic E-state index is -0.924. The van der Waals surface area contributed by atoms with E-state index in [0.717, 1.165) is 0 Å². The van der Waals surface area contributed by atoms with Gasteiger partial charge in [0.15, 0.2) is 0 Å². The van der Waals surface area contributed by atoms with Crippen LogP contribution in [0.2, 0.25) is 0 Å². The number of hydrogen-bond acceptors (Lipinski definition) is 5. The van der Waals surface area contributed by atoms with E-state index in [-0.39, 0.29) is 6.42 Å². The van der Waals surface area contributed by atoms with Crippen LogP contribution in [0.25, 0.3) is 0 Å². The maximum Gasteiger partial charge on any atom is 0.323 e. The van der Waals surface area contributed by atoms with Gasteiger partial charge in [-0.3, -0.25) is 9.59 Å². The molecule has 0 rings (SSSR count). The summed E-state index contributed by atoms with van der Waals surface area (Å²) in [6, 6.07) is -0.924. The van der Waals surface area contributed by atoms with Gasteiger partial charge < -0.3 is 15.2 Å². The van der Waals surface area contributed by atoms with E-state index in [2.05, 4.69) is 9.47 Å². The molecule has 0 amide bonds. The highest BCUT2D eigenvalue weighted by molar-refractivity contribution is 5.82. The van der Waals surface area contributed by atoms with Crippen LogP contribution in [0.15, 0.2) is 0 Å². The van der Waals surface area contributed by atoms with Crippen molar-refractivity contribution in [2.75, 3.05) is 14.2 Å². The van der Waals surface area contributed by atoms with Gasteiger partial charge in [0.25, 0.3) is 0 Å². The molecule has 64 valence electrons. The lowest BCUT2D eigenvalue weighted by molar-refractivity contribution is -0.148. The Balaban J connectivity index is 3.77. The van der Waals surface area contributed by atoms with Gasteiger partial charge in [-0.15, -0.1) is 0 Å². The van der Waals surface area contributed by atoms with E-state index in [1.54, 1.807) is 0 Å². The van der Waals surface area contributed by atoms with Crippen molar-refractivity contribution in [3.63, 3.8) is 0 Å². The molecule has 5 heteroatoms. The molecule has 0 aromatic rings. The summed E-state index contributed by atoms with van der Waals surface area (Å²) in [7, 11) is 2.44. The first kappa shape index (κ1) is 9.90. The topological polar surface area (TPSA) is 78.6 Å². The van der Waals surface area contributed by atoms with Crippen LogP contribution in [-0.2, 0) is 19.1 Å². The van der Waals surface area contributed by atoms with E-state index in [1.807, 2.05) is 0 Å². The number of methoxy groups -OCH3 is 2. The molecule has 0 radical (unpaired) electrons. The summed E-state index contributed by atoms with van der Waals surface area (Å²) in [5.41, 5.74) is 5.23. The molecular formula is C6H11NO4. The zero-order valence-electron chi connectivity index (χ0n) is 6.49. The predicted molar refractivity (Wildman–Crippen MR) is 36.6 cm³/mol. The number of nitrogens with two attached hydrogens (primary N) is 1. The summed E-state index contributed by atoms with van der Waals surface area (Å²) in [6.07, 6.45) is -0.150. The van der Waals surface area contributed by atoms with Crippen molar-refractivity contribution in [2.45, 2.75) is 12.5 Å². The zero-order chi connectivity index (χ0) is 8.85. The molecule has 0 saturated heterocycles. The summed E-state index contributed by atoms with van der Waals surface area (Å²) in [4.78, 5) is 21.1. The second-order valence-electron chi connectivity index (χ2n) is 1.91. The normalized spacial score (nSPS) is 11.9. The second kappa shape index (κ2) is 4.68. The fraction of sp³-hybridized carbons (Fsp3) is 0.667. The van der Waals surface area contributed by atoms with Crippen LogP contribution in [0.1, 0.15) is 6.42 Å². The summed E-state index contributed by atoms with van der Waals surface area (Å²) in [6.45, 7) is 0. The Morgan fingerprint density at radius 2 is 1.91 bits per heavy atom. The van der Waals surface area contributed by atoms with Crippen molar-refractivity contribution in [3.8, 4) is 0 Å². The fourth-order valence-corrected chi connectivity index (χ4v) is 0.498.